The van der Waals surface area contributed by atoms with Crippen molar-refractivity contribution in [3.05, 3.63) is 49.8 Å². The number of hydrogen-bond acceptors (Lipinski definition) is 32. The van der Waals surface area contributed by atoms with E-state index in [9.17, 15) is 49.5 Å². The molecule has 4 heterocycles. The molecule has 36 heteroatoms. The number of likely N-dealkylation sites (N-methyl/N-ethyl adjacent to an activating group) is 1. The zero-order valence-corrected chi connectivity index (χ0v) is 65.4. The van der Waals surface area contributed by atoms with E-state index in [0.717, 1.165) is 18.9 Å². The molecule has 4 aliphatic heterocycles. The lowest BCUT2D eigenvalue weighted by molar-refractivity contribution is -0.337. The first-order valence-corrected chi connectivity index (χ1v) is 38.5. The number of thioether (sulfide) groups is 1. The Morgan fingerprint density at radius 2 is 1.52 bits per heavy atom. The second kappa shape index (κ2) is 42.1. The number of fused-ring (bicyclic) bond motifs is 2. The van der Waals surface area contributed by atoms with E-state index in [0.29, 0.717) is 35.6 Å². The number of Topliss-reactive ketones (excluding diaryl/α,β-unsaturated/α-hetero) is 1. The number of amides is 3. The molecular weight excluding hydrogens is 1550 g/mol. The number of allylic oxidation sites excluding steroid dienone is 3. The van der Waals surface area contributed by atoms with E-state index in [2.05, 4.69) is 39.8 Å². The Bertz CT molecular complexity index is 3320. The van der Waals surface area contributed by atoms with Crippen molar-refractivity contribution in [2.75, 3.05) is 114 Å². The summed E-state index contributed by atoms with van der Waals surface area (Å²) in [5, 5.41) is 71.8. The SMILES string of the molecule is CCN(C(=O)CN)[C@H]1CO[C@@H](OC2[C@H](O[C@H]3C#C/C=C\C#C[C@@]4(O)CC(=O)C(NC(=O)OC)=C3/C4=C\CSSC(C)(C)CC(=O)NCCOCCOCCOCCO)OC(C)[C@@H](NO[C@H]3C[C@@H](O)[C@H](SC(=O)c4c(C)c(I)c(O[C@@H]5OC(C)[C@H](O)C(OC)[C@@H]5O)c(OC)c4OC)C(C)O3)[C@@H]2O)CC1OC. The summed E-state index contributed by atoms with van der Waals surface area (Å²) in [6.07, 6.45) is -15.9. The second-order valence-corrected chi connectivity index (χ2v) is 30.8. The molecular formula is C69H100IN5O27S3. The molecule has 6 unspecified atom stereocenters. The maximum absolute atomic E-state index is 14.6. The molecule has 1 aromatic rings. The van der Waals surface area contributed by atoms with Crippen LogP contribution in [0, 0.1) is 34.2 Å². The number of aliphatic hydroxyl groups excluding tert-OH is 5. The van der Waals surface area contributed by atoms with Crippen LogP contribution in [0.1, 0.15) is 83.1 Å². The summed E-state index contributed by atoms with van der Waals surface area (Å²) < 4.78 is 88.7. The van der Waals surface area contributed by atoms with Crippen molar-refractivity contribution in [1.82, 2.24) is 21.0 Å². The number of ketones is 1. The summed E-state index contributed by atoms with van der Waals surface area (Å²) >= 11 is 2.78. The summed E-state index contributed by atoms with van der Waals surface area (Å²) in [7, 11) is 9.31. The predicted molar refractivity (Wildman–Crippen MR) is 390 cm³/mol. The number of hydroxylamine groups is 1. The van der Waals surface area contributed by atoms with Gasteiger partial charge >= 0.3 is 6.09 Å². The number of rotatable bonds is 36. The smallest absolute Gasteiger partial charge is 0.411 e. The van der Waals surface area contributed by atoms with Crippen LogP contribution in [0.3, 0.4) is 0 Å². The third-order valence-electron chi connectivity index (χ3n) is 17.8. The molecule has 7 rings (SSSR count). The molecule has 105 heavy (non-hydrogen) atoms. The summed E-state index contributed by atoms with van der Waals surface area (Å²) in [5.41, 5.74) is 6.51. The Hall–Kier alpha value is -4.51. The van der Waals surface area contributed by atoms with Crippen LogP contribution >= 0.6 is 55.9 Å². The van der Waals surface area contributed by atoms with Gasteiger partial charge in [-0.3, -0.25) is 29.3 Å². The van der Waals surface area contributed by atoms with Crippen LogP contribution in [0.25, 0.3) is 0 Å². The van der Waals surface area contributed by atoms with Crippen molar-refractivity contribution >= 4 is 84.7 Å². The highest BCUT2D eigenvalue weighted by Crippen LogP contribution is 2.49. The number of carbonyl (C=O) groups excluding carboxylic acids is 5. The van der Waals surface area contributed by atoms with Crippen molar-refractivity contribution < 1.29 is 131 Å². The highest BCUT2D eigenvalue weighted by Gasteiger charge is 2.53. The molecule has 2 bridgehead atoms. The number of carbonyl (C=O) groups is 5. The summed E-state index contributed by atoms with van der Waals surface area (Å²) in [4.78, 5) is 76.2. The molecule has 32 nitrogen and oxygen atoms in total. The van der Waals surface area contributed by atoms with Gasteiger partial charge in [0, 0.05) is 68.2 Å². The van der Waals surface area contributed by atoms with E-state index < -0.39 is 143 Å². The van der Waals surface area contributed by atoms with Crippen molar-refractivity contribution in [3.63, 3.8) is 0 Å². The van der Waals surface area contributed by atoms with Crippen molar-refractivity contribution in [3.8, 4) is 40.9 Å². The lowest BCUT2D eigenvalue weighted by Crippen LogP contribution is -2.65. The number of nitrogens with one attached hydrogen (secondary N) is 3. The highest BCUT2D eigenvalue weighted by atomic mass is 127. The minimum Gasteiger partial charge on any atom is -0.492 e. The van der Waals surface area contributed by atoms with Crippen molar-refractivity contribution in [2.45, 2.75) is 194 Å². The number of nitrogens with two attached hydrogens (primary N) is 1. The van der Waals surface area contributed by atoms with E-state index in [1.54, 1.807) is 40.7 Å². The Kier molecular flexibility index (Phi) is 35.1. The number of methoxy groups -OCH3 is 5. The summed E-state index contributed by atoms with van der Waals surface area (Å²) in [5.74, 6) is 10.3. The molecule has 19 atom stereocenters. The lowest BCUT2D eigenvalue weighted by Gasteiger charge is -2.47. The Labute approximate surface area is 636 Å². The predicted octanol–water partition coefficient (Wildman–Crippen LogP) is 1.44. The Balaban J connectivity index is 1.11. The van der Waals surface area contributed by atoms with Crippen LogP contribution in [-0.2, 0) is 76.1 Å². The average molecular weight is 1650 g/mol. The topological polar surface area (TPSA) is 420 Å². The Morgan fingerprint density at radius 1 is 0.838 bits per heavy atom. The van der Waals surface area contributed by atoms with Gasteiger partial charge < -0.3 is 118 Å². The van der Waals surface area contributed by atoms with E-state index in [-0.39, 0.29) is 123 Å². The third kappa shape index (κ3) is 23.1. The first-order chi connectivity index (χ1) is 50.1. The average Bonchev–Trinajstić information content (AvgIpc) is 0.724. The number of halogens is 1. The van der Waals surface area contributed by atoms with E-state index in [1.807, 2.05) is 36.4 Å². The quantitative estimate of drug-likeness (QED) is 0.0149. The maximum Gasteiger partial charge on any atom is 0.411 e. The molecule has 1 aromatic carbocycles. The molecule has 2 aliphatic carbocycles. The fourth-order valence-electron chi connectivity index (χ4n) is 12.5. The van der Waals surface area contributed by atoms with E-state index in [1.165, 1.54) is 67.1 Å². The van der Waals surface area contributed by atoms with Gasteiger partial charge in [0.25, 0.3) is 0 Å². The minimum absolute atomic E-state index is 0.00239. The largest absolute Gasteiger partial charge is 0.492 e. The van der Waals surface area contributed by atoms with E-state index >= 15 is 0 Å². The molecule has 588 valence electrons. The lowest BCUT2D eigenvalue weighted by atomic mass is 9.75. The number of benzene rings is 1. The Morgan fingerprint density at radius 3 is 2.17 bits per heavy atom. The van der Waals surface area contributed by atoms with Crippen LogP contribution < -0.4 is 36.1 Å². The molecule has 6 aliphatic rings. The maximum atomic E-state index is 14.6. The van der Waals surface area contributed by atoms with Gasteiger partial charge in [-0.1, -0.05) is 63.1 Å². The van der Waals surface area contributed by atoms with Gasteiger partial charge in [0.05, 0.1) is 150 Å². The number of ether oxygens (including phenoxy) is 15. The van der Waals surface area contributed by atoms with Gasteiger partial charge in [0.2, 0.25) is 29.0 Å². The monoisotopic (exact) mass is 1650 g/mol. The third-order valence-corrected chi connectivity index (χ3v) is 23.6. The minimum atomic E-state index is -2.22. The van der Waals surface area contributed by atoms with Crippen LogP contribution in [0.15, 0.2) is 35.1 Å². The number of aliphatic hydroxyl groups is 6. The summed E-state index contributed by atoms with van der Waals surface area (Å²) in [6.45, 7) is 14.0. The van der Waals surface area contributed by atoms with Gasteiger partial charge in [0.15, 0.2) is 41.8 Å². The molecule has 4 fully saturated rings. The number of nitrogens with zero attached hydrogens (tertiary/aromatic N) is 1. The van der Waals surface area contributed by atoms with Crippen LogP contribution in [0.5, 0.6) is 17.2 Å². The van der Waals surface area contributed by atoms with Gasteiger partial charge in [-0.2, -0.15) is 5.48 Å². The fourth-order valence-corrected chi connectivity index (χ4v) is 16.6. The zero-order chi connectivity index (χ0) is 76.9. The number of hydrogen-bond donors (Lipinski definition) is 10. The first-order valence-electron chi connectivity index (χ1n) is 34.2. The molecule has 11 N–H and O–H groups in total. The standard InChI is InChI=1S/C69H100IN5O27S3/c1-13-75(47(80)34-71)41-35-95-48(31-45(41)87-8)100-61-56(82)53(74-102-49-30-42(77)63(39(5)96-49)104-64(84)50-36(2)52(70)59(62(90-11)58(50)88-9)101-65-57(83)60(89-10)55(81)38(4)98-65)37(3)97-66(61)99-44-18-16-14-15-17-20-69(86)32-43(78)54(73-67(85)91-12)51(44)40(69)19-29-103-105-68(6,7)33-46(79)72-21-23-92-25-27-94-28-26-93-24-22-76/h14-15,19,37-39,41-42,44-45,48-49,53,55-57,60-61,63,65-66,74,76-77,81-83,86H,13,21-35,71H2,1-12H3,(H,72,79)(H,73,85)/b15-14-,40-19+/t37?,38?,39?,41-,42+,44-,45?,48-,49-,53+,55-,56-,57-,60?,61?,63+,65-,66-,69+/m0/s1. The van der Waals surface area contributed by atoms with Crippen LogP contribution in [0.4, 0.5) is 4.79 Å². The molecule has 0 aromatic heterocycles. The highest BCUT2D eigenvalue weighted by molar-refractivity contribution is 14.1. The molecule has 0 saturated carbocycles. The molecule has 4 saturated heterocycles. The van der Waals surface area contributed by atoms with Gasteiger partial charge in [-0.05, 0) is 88.8 Å². The first kappa shape index (κ1) is 87.7. The second-order valence-electron chi connectivity index (χ2n) is 25.6. The van der Waals surface area contributed by atoms with Gasteiger partial charge in [0.1, 0.15) is 36.6 Å². The van der Waals surface area contributed by atoms with Crippen LogP contribution in [-0.4, -0.2) is 298 Å². The normalized spacial score (nSPS) is 31.2. The summed E-state index contributed by atoms with van der Waals surface area (Å²) in [6, 6.07) is -1.80. The fraction of sp³-hybridized carbons (Fsp3) is 0.696. The molecule has 3 amide bonds. The molecule has 0 spiro atoms. The van der Waals surface area contributed by atoms with Gasteiger partial charge in [-0.15, -0.1) is 0 Å². The number of alkyl carbamates (subject to hydrolysis) is 1. The van der Waals surface area contributed by atoms with Crippen molar-refractivity contribution in [2.24, 2.45) is 5.73 Å². The van der Waals surface area contributed by atoms with Gasteiger partial charge in [-0.25, -0.2) is 4.79 Å². The molecule has 0 radical (unpaired) electrons. The zero-order valence-electron chi connectivity index (χ0n) is 60.8. The van der Waals surface area contributed by atoms with E-state index in [4.69, 9.17) is 86.7 Å². The van der Waals surface area contributed by atoms with Crippen molar-refractivity contribution in [1.29, 1.82) is 0 Å². The van der Waals surface area contributed by atoms with Crippen LogP contribution in [0.2, 0.25) is 0 Å².